The maximum atomic E-state index is 12.3. The minimum Gasteiger partial charge on any atom is -0.285 e. The van der Waals surface area contributed by atoms with Gasteiger partial charge in [-0.25, -0.2) is 4.68 Å². The Balaban J connectivity index is 2.46. The van der Waals surface area contributed by atoms with Crippen LogP contribution in [0, 0.1) is 0 Å². The van der Waals surface area contributed by atoms with Crippen molar-refractivity contribution in [3.63, 3.8) is 0 Å². The Morgan fingerprint density at radius 3 is 2.92 bits per heavy atom. The molecule has 2 rings (SSSR count). The number of alkyl halides is 2. The van der Waals surface area contributed by atoms with Gasteiger partial charge in [-0.15, -0.1) is 0 Å². The highest BCUT2D eigenvalue weighted by atomic mass is 19.3. The average Bonchev–Trinajstić information content (AvgIpc) is 2.74. The lowest BCUT2D eigenvalue weighted by Crippen LogP contribution is -2.01. The van der Waals surface area contributed by atoms with Gasteiger partial charge in [0.1, 0.15) is 0 Å². The van der Waals surface area contributed by atoms with Crippen LogP contribution >= 0.6 is 0 Å². The molecule has 2 heterocycles. The summed E-state index contributed by atoms with van der Waals surface area (Å²) in [5.74, 6) is 0. The molecule has 0 aliphatic rings. The van der Waals surface area contributed by atoms with Gasteiger partial charge in [-0.2, -0.15) is 19.0 Å². The Kier molecular flexibility index (Phi) is 1.80. The van der Waals surface area contributed by atoms with Crippen LogP contribution in [0.1, 0.15) is 6.55 Å². The summed E-state index contributed by atoms with van der Waals surface area (Å²) in [6.45, 7) is -2.63. The molecule has 6 heteroatoms. The Bertz CT molecular complexity index is 379. The van der Waals surface area contributed by atoms with Crippen molar-refractivity contribution in [2.24, 2.45) is 0 Å². The SMILES string of the molecule is FC(F)n1nccc1-c1cn[nH]c1. The highest BCUT2D eigenvalue weighted by molar-refractivity contribution is 5.56. The standard InChI is InChI=1S/C7H6F2N4/c8-7(9)13-6(1-2-12-13)5-3-10-11-4-5/h1-4,7H,(H,10,11). The Hall–Kier alpha value is -1.72. The minimum atomic E-state index is -2.63. The number of nitrogens with zero attached hydrogens (tertiary/aromatic N) is 3. The van der Waals surface area contributed by atoms with Gasteiger partial charge in [0.2, 0.25) is 0 Å². The molecule has 0 atom stereocenters. The van der Waals surface area contributed by atoms with Crippen molar-refractivity contribution in [3.05, 3.63) is 24.7 Å². The predicted molar refractivity (Wildman–Crippen MR) is 41.1 cm³/mol. The van der Waals surface area contributed by atoms with E-state index >= 15 is 0 Å². The zero-order valence-corrected chi connectivity index (χ0v) is 6.48. The van der Waals surface area contributed by atoms with E-state index in [9.17, 15) is 8.78 Å². The summed E-state index contributed by atoms with van der Waals surface area (Å²) in [4.78, 5) is 0. The van der Waals surface area contributed by atoms with Gasteiger partial charge in [0.15, 0.2) is 0 Å². The minimum absolute atomic E-state index is 0.351. The van der Waals surface area contributed by atoms with Gasteiger partial charge < -0.3 is 0 Å². The van der Waals surface area contributed by atoms with Crippen molar-refractivity contribution in [3.8, 4) is 11.3 Å². The summed E-state index contributed by atoms with van der Waals surface area (Å²) in [5.41, 5.74) is 0.946. The molecule has 0 unspecified atom stereocenters. The second-order valence-electron chi connectivity index (χ2n) is 2.43. The lowest BCUT2D eigenvalue weighted by molar-refractivity contribution is 0.0585. The van der Waals surface area contributed by atoms with Crippen LogP contribution in [0.25, 0.3) is 11.3 Å². The zero-order chi connectivity index (χ0) is 9.26. The molecule has 0 amide bonds. The first-order valence-electron chi connectivity index (χ1n) is 3.60. The van der Waals surface area contributed by atoms with Crippen molar-refractivity contribution in [2.75, 3.05) is 0 Å². The summed E-state index contributed by atoms with van der Waals surface area (Å²) in [6, 6.07) is 1.51. The van der Waals surface area contributed by atoms with Crippen molar-refractivity contribution in [1.29, 1.82) is 0 Å². The summed E-state index contributed by atoms with van der Waals surface area (Å²) < 4.78 is 25.3. The van der Waals surface area contributed by atoms with Crippen LogP contribution in [0.4, 0.5) is 8.78 Å². The molecule has 0 saturated heterocycles. The van der Waals surface area contributed by atoms with E-state index in [0.29, 0.717) is 15.9 Å². The molecule has 13 heavy (non-hydrogen) atoms. The topological polar surface area (TPSA) is 46.5 Å². The molecule has 0 bridgehead atoms. The molecule has 0 radical (unpaired) electrons. The van der Waals surface area contributed by atoms with Crippen molar-refractivity contribution >= 4 is 0 Å². The number of nitrogens with one attached hydrogen (secondary N) is 1. The Morgan fingerprint density at radius 2 is 2.31 bits per heavy atom. The smallest absolute Gasteiger partial charge is 0.285 e. The molecular formula is C7H6F2N4. The van der Waals surface area contributed by atoms with Crippen molar-refractivity contribution in [2.45, 2.75) is 6.55 Å². The van der Waals surface area contributed by atoms with Crippen molar-refractivity contribution < 1.29 is 8.78 Å². The number of aromatic amines is 1. The number of H-pyrrole nitrogens is 1. The van der Waals surface area contributed by atoms with Gasteiger partial charge in [0.05, 0.1) is 11.9 Å². The number of hydrogen-bond donors (Lipinski definition) is 1. The van der Waals surface area contributed by atoms with Crippen molar-refractivity contribution in [1.82, 2.24) is 20.0 Å². The molecule has 2 aromatic rings. The van der Waals surface area contributed by atoms with E-state index in [1.54, 1.807) is 0 Å². The van der Waals surface area contributed by atoms with Crippen LogP contribution in [0.5, 0.6) is 0 Å². The van der Waals surface area contributed by atoms with Gasteiger partial charge in [0.25, 0.3) is 0 Å². The first-order chi connectivity index (χ1) is 6.29. The van der Waals surface area contributed by atoms with E-state index in [1.165, 1.54) is 24.7 Å². The molecule has 0 fully saturated rings. The average molecular weight is 184 g/mol. The lowest BCUT2D eigenvalue weighted by atomic mass is 10.2. The molecule has 68 valence electrons. The van der Waals surface area contributed by atoms with Crippen LogP contribution in [0.3, 0.4) is 0 Å². The third kappa shape index (κ3) is 1.30. The van der Waals surface area contributed by atoms with Gasteiger partial charge in [-0.1, -0.05) is 0 Å². The van der Waals surface area contributed by atoms with E-state index < -0.39 is 6.55 Å². The first-order valence-corrected chi connectivity index (χ1v) is 3.60. The van der Waals surface area contributed by atoms with E-state index in [4.69, 9.17) is 0 Å². The lowest BCUT2D eigenvalue weighted by Gasteiger charge is -2.02. The van der Waals surface area contributed by atoms with Gasteiger partial charge in [0, 0.05) is 18.0 Å². The van der Waals surface area contributed by atoms with Crippen LogP contribution in [-0.2, 0) is 0 Å². The Morgan fingerprint density at radius 1 is 1.46 bits per heavy atom. The van der Waals surface area contributed by atoms with E-state index in [0.717, 1.165) is 0 Å². The van der Waals surface area contributed by atoms with Gasteiger partial charge >= 0.3 is 6.55 Å². The molecule has 0 aliphatic carbocycles. The largest absolute Gasteiger partial charge is 0.333 e. The molecule has 4 nitrogen and oxygen atoms in total. The normalized spacial score (nSPS) is 11.0. The third-order valence-electron chi connectivity index (χ3n) is 1.65. The molecule has 2 aromatic heterocycles. The molecule has 1 N–H and O–H groups in total. The van der Waals surface area contributed by atoms with E-state index in [2.05, 4.69) is 15.3 Å². The highest BCUT2D eigenvalue weighted by Crippen LogP contribution is 2.21. The summed E-state index contributed by atoms with van der Waals surface area (Å²) in [7, 11) is 0. The molecule has 0 saturated carbocycles. The molecule has 0 aliphatic heterocycles. The van der Waals surface area contributed by atoms with Crippen LogP contribution in [-0.4, -0.2) is 20.0 Å². The monoisotopic (exact) mass is 184 g/mol. The maximum absolute atomic E-state index is 12.3. The van der Waals surface area contributed by atoms with Crippen LogP contribution < -0.4 is 0 Å². The zero-order valence-electron chi connectivity index (χ0n) is 6.48. The summed E-state index contributed by atoms with van der Waals surface area (Å²) in [5, 5.41) is 9.71. The fraction of sp³-hybridized carbons (Fsp3) is 0.143. The Labute approximate surface area is 72.2 Å². The fourth-order valence-corrected chi connectivity index (χ4v) is 1.09. The van der Waals surface area contributed by atoms with Gasteiger partial charge in [-0.3, -0.25) is 5.10 Å². The highest BCUT2D eigenvalue weighted by Gasteiger charge is 2.13. The molecule has 0 aromatic carbocycles. The first kappa shape index (κ1) is 7.90. The number of aromatic nitrogens is 4. The number of halogens is 2. The quantitative estimate of drug-likeness (QED) is 0.771. The van der Waals surface area contributed by atoms with E-state index in [-0.39, 0.29) is 0 Å². The molecule has 0 spiro atoms. The second kappa shape index (κ2) is 2.96. The van der Waals surface area contributed by atoms with Crippen LogP contribution in [0.15, 0.2) is 24.7 Å². The summed E-state index contributed by atoms with van der Waals surface area (Å²) in [6.07, 6.45) is 4.33. The maximum Gasteiger partial charge on any atom is 0.333 e. The number of rotatable bonds is 2. The molecular weight excluding hydrogens is 178 g/mol. The van der Waals surface area contributed by atoms with Gasteiger partial charge in [-0.05, 0) is 6.07 Å². The fourth-order valence-electron chi connectivity index (χ4n) is 1.09. The summed E-state index contributed by atoms with van der Waals surface area (Å²) >= 11 is 0. The second-order valence-corrected chi connectivity index (χ2v) is 2.43. The van der Waals surface area contributed by atoms with Crippen LogP contribution in [0.2, 0.25) is 0 Å². The van der Waals surface area contributed by atoms with E-state index in [1.807, 2.05) is 0 Å². The number of hydrogen-bond acceptors (Lipinski definition) is 2. The predicted octanol–water partition coefficient (Wildman–Crippen LogP) is 1.67. The third-order valence-corrected chi connectivity index (χ3v) is 1.65.